The zero-order valence-corrected chi connectivity index (χ0v) is 17.6. The summed E-state index contributed by atoms with van der Waals surface area (Å²) < 4.78 is 16.9. The minimum atomic E-state index is -0.739. The highest BCUT2D eigenvalue weighted by molar-refractivity contribution is 6.32. The van der Waals surface area contributed by atoms with Crippen LogP contribution in [0.4, 0.5) is 5.69 Å². The maximum absolute atomic E-state index is 13.0. The van der Waals surface area contributed by atoms with E-state index in [4.69, 9.17) is 25.8 Å². The van der Waals surface area contributed by atoms with E-state index in [0.717, 1.165) is 32.1 Å². The maximum atomic E-state index is 13.0. The smallest absolute Gasteiger partial charge is 0.256 e. The molecule has 0 heterocycles. The van der Waals surface area contributed by atoms with Gasteiger partial charge in [-0.3, -0.25) is 4.79 Å². The summed E-state index contributed by atoms with van der Waals surface area (Å²) in [5.74, 6) is 1.12. The molecule has 6 heteroatoms. The van der Waals surface area contributed by atoms with Crippen molar-refractivity contribution >= 4 is 23.2 Å². The number of carbonyl (C=O) groups is 1. The molecule has 1 aromatic carbocycles. The molecular formula is C21H32ClNO4. The predicted octanol–water partition coefficient (Wildman–Crippen LogP) is 5.07. The Kier molecular flexibility index (Phi) is 8.39. The largest absolute Gasteiger partial charge is 0.487 e. The van der Waals surface area contributed by atoms with Crippen molar-refractivity contribution in [3.8, 4) is 5.75 Å². The van der Waals surface area contributed by atoms with Crippen molar-refractivity contribution < 1.29 is 19.0 Å². The number of hydrogen-bond donors (Lipinski definition) is 1. The molecule has 0 aromatic heterocycles. The normalized spacial score (nSPS) is 23.7. The van der Waals surface area contributed by atoms with Crippen molar-refractivity contribution in [3.05, 3.63) is 23.2 Å². The van der Waals surface area contributed by atoms with Gasteiger partial charge in [-0.25, -0.2) is 0 Å². The third-order valence-electron chi connectivity index (χ3n) is 5.00. The molecule has 5 nitrogen and oxygen atoms in total. The summed E-state index contributed by atoms with van der Waals surface area (Å²) >= 11 is 6.33. The number of anilines is 1. The standard InChI is InChI=1S/C21H32ClNO4/c1-5-12-26-21(10-8-15(2)9-11-21)20(24)23-17-6-7-19(18(22)13-17)27-16(3)14-25-4/h6-7,13,15-16H,5,8-12,14H2,1-4H3,(H,23,24)/t15?,16-,21?/m1/s1. The maximum Gasteiger partial charge on any atom is 0.256 e. The van der Waals surface area contributed by atoms with Gasteiger partial charge in [0.05, 0.1) is 11.6 Å². The first kappa shape index (κ1) is 22.0. The summed E-state index contributed by atoms with van der Waals surface area (Å²) in [5.41, 5.74) is -0.0909. The van der Waals surface area contributed by atoms with E-state index in [0.29, 0.717) is 35.6 Å². The van der Waals surface area contributed by atoms with Gasteiger partial charge < -0.3 is 19.5 Å². The number of nitrogens with one attached hydrogen (secondary N) is 1. The molecule has 0 aliphatic heterocycles. The van der Waals surface area contributed by atoms with E-state index in [9.17, 15) is 4.79 Å². The average Bonchev–Trinajstić information content (AvgIpc) is 2.64. The minimum absolute atomic E-state index is 0.0830. The van der Waals surface area contributed by atoms with Crippen LogP contribution in [0.3, 0.4) is 0 Å². The van der Waals surface area contributed by atoms with Gasteiger partial charge in [0.1, 0.15) is 17.5 Å². The Balaban J connectivity index is 2.07. The van der Waals surface area contributed by atoms with Crippen LogP contribution in [0.2, 0.25) is 5.02 Å². The van der Waals surface area contributed by atoms with Crippen molar-refractivity contribution in [3.63, 3.8) is 0 Å². The lowest BCUT2D eigenvalue weighted by molar-refractivity contribution is -0.147. The summed E-state index contributed by atoms with van der Waals surface area (Å²) in [4.78, 5) is 13.0. The summed E-state index contributed by atoms with van der Waals surface area (Å²) in [5, 5.41) is 3.45. The van der Waals surface area contributed by atoms with Crippen LogP contribution in [-0.2, 0) is 14.3 Å². The lowest BCUT2D eigenvalue weighted by Gasteiger charge is -2.38. The number of benzene rings is 1. The molecule has 152 valence electrons. The van der Waals surface area contributed by atoms with Gasteiger partial charge in [-0.05, 0) is 63.1 Å². The van der Waals surface area contributed by atoms with Crippen LogP contribution >= 0.6 is 11.6 Å². The van der Waals surface area contributed by atoms with Crippen LogP contribution < -0.4 is 10.1 Å². The second-order valence-electron chi connectivity index (χ2n) is 7.51. The van der Waals surface area contributed by atoms with Gasteiger partial charge in [-0.1, -0.05) is 25.4 Å². The van der Waals surface area contributed by atoms with Gasteiger partial charge in [0.25, 0.3) is 5.91 Å². The molecule has 1 N–H and O–H groups in total. The molecule has 0 bridgehead atoms. The molecule has 27 heavy (non-hydrogen) atoms. The Morgan fingerprint density at radius 3 is 2.67 bits per heavy atom. The van der Waals surface area contributed by atoms with Crippen LogP contribution in [0.25, 0.3) is 0 Å². The van der Waals surface area contributed by atoms with Crippen LogP contribution in [0, 0.1) is 5.92 Å². The molecule has 1 atom stereocenters. The number of amides is 1. The van der Waals surface area contributed by atoms with E-state index in [2.05, 4.69) is 19.2 Å². The highest BCUT2D eigenvalue weighted by Gasteiger charge is 2.42. The Hall–Kier alpha value is -1.30. The molecule has 1 aliphatic carbocycles. The molecule has 1 amide bonds. The molecule has 1 fully saturated rings. The Morgan fingerprint density at radius 2 is 2.07 bits per heavy atom. The van der Waals surface area contributed by atoms with Crippen molar-refractivity contribution in [1.82, 2.24) is 0 Å². The fourth-order valence-corrected chi connectivity index (χ4v) is 3.59. The molecule has 1 aliphatic rings. The van der Waals surface area contributed by atoms with Crippen molar-refractivity contribution in [2.45, 2.75) is 64.6 Å². The third-order valence-corrected chi connectivity index (χ3v) is 5.29. The number of hydrogen-bond acceptors (Lipinski definition) is 4. The number of ether oxygens (including phenoxy) is 3. The Bertz CT molecular complexity index is 609. The van der Waals surface area contributed by atoms with Crippen molar-refractivity contribution in [2.24, 2.45) is 5.92 Å². The van der Waals surface area contributed by atoms with Gasteiger partial charge in [-0.15, -0.1) is 0 Å². The van der Waals surface area contributed by atoms with Crippen molar-refractivity contribution in [1.29, 1.82) is 0 Å². The number of rotatable bonds is 9. The van der Waals surface area contributed by atoms with Gasteiger partial charge >= 0.3 is 0 Å². The molecule has 0 spiro atoms. The van der Waals surface area contributed by atoms with Crippen LogP contribution in [0.5, 0.6) is 5.75 Å². The summed E-state index contributed by atoms with van der Waals surface area (Å²) in [6, 6.07) is 5.29. The zero-order valence-electron chi connectivity index (χ0n) is 16.8. The van der Waals surface area contributed by atoms with E-state index in [1.807, 2.05) is 6.92 Å². The molecular weight excluding hydrogens is 366 g/mol. The fraction of sp³-hybridized carbons (Fsp3) is 0.667. The molecule has 2 rings (SSSR count). The fourth-order valence-electron chi connectivity index (χ4n) is 3.37. The van der Waals surface area contributed by atoms with Gasteiger partial charge in [0, 0.05) is 19.4 Å². The van der Waals surface area contributed by atoms with Gasteiger partial charge in [-0.2, -0.15) is 0 Å². The van der Waals surface area contributed by atoms with E-state index in [1.54, 1.807) is 25.3 Å². The molecule has 1 aromatic rings. The zero-order chi connectivity index (χ0) is 19.9. The summed E-state index contributed by atoms with van der Waals surface area (Å²) in [6.45, 7) is 7.26. The van der Waals surface area contributed by atoms with Crippen molar-refractivity contribution in [2.75, 3.05) is 25.6 Å². The van der Waals surface area contributed by atoms with E-state index in [-0.39, 0.29) is 12.0 Å². The lowest BCUT2D eigenvalue weighted by atomic mass is 9.78. The molecule has 1 saturated carbocycles. The Morgan fingerprint density at radius 1 is 1.37 bits per heavy atom. The third kappa shape index (κ3) is 6.09. The SMILES string of the molecule is CCCOC1(C(=O)Nc2ccc(O[C@H](C)COC)c(Cl)c2)CCC(C)CC1. The lowest BCUT2D eigenvalue weighted by Crippen LogP contribution is -2.48. The highest BCUT2D eigenvalue weighted by Crippen LogP contribution is 2.36. The van der Waals surface area contributed by atoms with E-state index >= 15 is 0 Å². The molecule has 0 unspecified atom stereocenters. The predicted molar refractivity (Wildman–Crippen MR) is 109 cm³/mol. The highest BCUT2D eigenvalue weighted by atomic mass is 35.5. The molecule has 0 radical (unpaired) electrons. The Labute approximate surface area is 167 Å². The monoisotopic (exact) mass is 397 g/mol. The second-order valence-corrected chi connectivity index (χ2v) is 7.92. The van der Waals surface area contributed by atoms with E-state index in [1.165, 1.54) is 0 Å². The summed E-state index contributed by atoms with van der Waals surface area (Å²) in [7, 11) is 1.63. The second kappa shape index (κ2) is 10.3. The van der Waals surface area contributed by atoms with E-state index < -0.39 is 5.60 Å². The minimum Gasteiger partial charge on any atom is -0.487 e. The average molecular weight is 398 g/mol. The van der Waals surface area contributed by atoms with Crippen LogP contribution in [0.1, 0.15) is 52.9 Å². The van der Waals surface area contributed by atoms with Gasteiger partial charge in [0.15, 0.2) is 0 Å². The van der Waals surface area contributed by atoms with Crippen LogP contribution in [-0.4, -0.2) is 37.9 Å². The first-order chi connectivity index (χ1) is 12.9. The summed E-state index contributed by atoms with van der Waals surface area (Å²) in [6.07, 6.45) is 4.29. The van der Waals surface area contributed by atoms with Crippen LogP contribution in [0.15, 0.2) is 18.2 Å². The molecule has 0 saturated heterocycles. The first-order valence-corrected chi connectivity index (χ1v) is 10.2. The number of methoxy groups -OCH3 is 1. The first-order valence-electron chi connectivity index (χ1n) is 9.80. The topological polar surface area (TPSA) is 56.8 Å². The number of carbonyl (C=O) groups excluding carboxylic acids is 1. The number of halogens is 1. The quantitative estimate of drug-likeness (QED) is 0.632. The van der Waals surface area contributed by atoms with Gasteiger partial charge in [0.2, 0.25) is 0 Å².